The molecule has 1 aromatic rings. The normalized spacial score (nSPS) is 21.2. The molecule has 1 aliphatic heterocycles. The second kappa shape index (κ2) is 6.18. The molecule has 1 N–H and O–H groups in total. The van der Waals surface area contributed by atoms with Crippen molar-refractivity contribution < 1.29 is 9.90 Å². The number of hydrogen-bond donors (Lipinski definition) is 1. The standard InChI is InChI=1S/C18H27NO2/c1-13(20)16-7-5-6-12-19(16)17(21)14-8-10-15(11-9-14)18(2,3)4/h8-11,13,16,20H,5-7,12H2,1-4H3. The fraction of sp³-hybridized carbons (Fsp3) is 0.611. The molecule has 2 rings (SSSR count). The fourth-order valence-corrected chi connectivity index (χ4v) is 2.99. The Balaban J connectivity index is 2.19. The summed E-state index contributed by atoms with van der Waals surface area (Å²) < 4.78 is 0. The van der Waals surface area contributed by atoms with Crippen LogP contribution in [-0.2, 0) is 5.41 Å². The van der Waals surface area contributed by atoms with E-state index in [1.165, 1.54) is 5.56 Å². The zero-order valence-electron chi connectivity index (χ0n) is 13.6. The van der Waals surface area contributed by atoms with Crippen molar-refractivity contribution in [1.29, 1.82) is 0 Å². The van der Waals surface area contributed by atoms with Gasteiger partial charge in [-0.15, -0.1) is 0 Å². The number of nitrogens with zero attached hydrogens (tertiary/aromatic N) is 1. The molecule has 1 fully saturated rings. The lowest BCUT2D eigenvalue weighted by Gasteiger charge is -2.37. The van der Waals surface area contributed by atoms with Crippen LogP contribution in [-0.4, -0.2) is 34.6 Å². The molecule has 1 aliphatic rings. The first-order chi connectivity index (χ1) is 9.80. The topological polar surface area (TPSA) is 40.5 Å². The van der Waals surface area contributed by atoms with Gasteiger partial charge in [-0.05, 0) is 49.3 Å². The molecule has 0 saturated carbocycles. The van der Waals surface area contributed by atoms with Gasteiger partial charge < -0.3 is 10.0 Å². The van der Waals surface area contributed by atoms with Crippen LogP contribution in [0.5, 0.6) is 0 Å². The Morgan fingerprint density at radius 2 is 1.86 bits per heavy atom. The third kappa shape index (κ3) is 3.65. The van der Waals surface area contributed by atoms with Crippen molar-refractivity contribution in [3.63, 3.8) is 0 Å². The molecule has 2 unspecified atom stereocenters. The van der Waals surface area contributed by atoms with E-state index in [1.54, 1.807) is 6.92 Å². The summed E-state index contributed by atoms with van der Waals surface area (Å²) in [5.41, 5.74) is 2.04. The number of likely N-dealkylation sites (tertiary alicyclic amines) is 1. The van der Waals surface area contributed by atoms with Crippen LogP contribution in [0.3, 0.4) is 0 Å². The van der Waals surface area contributed by atoms with Gasteiger partial charge in [-0.2, -0.15) is 0 Å². The van der Waals surface area contributed by atoms with Gasteiger partial charge in [0.15, 0.2) is 0 Å². The summed E-state index contributed by atoms with van der Waals surface area (Å²) in [7, 11) is 0. The van der Waals surface area contributed by atoms with E-state index >= 15 is 0 Å². The van der Waals surface area contributed by atoms with Crippen LogP contribution in [0.25, 0.3) is 0 Å². The molecular formula is C18H27NO2. The summed E-state index contributed by atoms with van der Waals surface area (Å²) in [5, 5.41) is 9.90. The Labute approximate surface area is 128 Å². The average molecular weight is 289 g/mol. The molecule has 3 nitrogen and oxygen atoms in total. The summed E-state index contributed by atoms with van der Waals surface area (Å²) in [4.78, 5) is 14.5. The summed E-state index contributed by atoms with van der Waals surface area (Å²) in [5.74, 6) is 0.0426. The van der Waals surface area contributed by atoms with Crippen LogP contribution in [0.2, 0.25) is 0 Å². The van der Waals surface area contributed by atoms with E-state index in [2.05, 4.69) is 20.8 Å². The minimum Gasteiger partial charge on any atom is -0.391 e. The number of carbonyl (C=O) groups excluding carboxylic acids is 1. The summed E-state index contributed by atoms with van der Waals surface area (Å²) >= 11 is 0. The number of rotatable bonds is 2. The maximum atomic E-state index is 12.7. The molecule has 3 heteroatoms. The molecule has 1 amide bonds. The molecule has 1 saturated heterocycles. The number of hydrogen-bond acceptors (Lipinski definition) is 2. The maximum absolute atomic E-state index is 12.7. The van der Waals surface area contributed by atoms with E-state index in [1.807, 2.05) is 29.2 Å². The molecule has 2 atom stereocenters. The Kier molecular flexibility index (Phi) is 4.72. The van der Waals surface area contributed by atoms with Crippen molar-refractivity contribution in [1.82, 2.24) is 4.90 Å². The smallest absolute Gasteiger partial charge is 0.254 e. The Morgan fingerprint density at radius 1 is 1.24 bits per heavy atom. The zero-order chi connectivity index (χ0) is 15.6. The number of aliphatic hydroxyl groups excluding tert-OH is 1. The molecular weight excluding hydrogens is 262 g/mol. The first kappa shape index (κ1) is 16.0. The molecule has 21 heavy (non-hydrogen) atoms. The van der Waals surface area contributed by atoms with Gasteiger partial charge in [-0.1, -0.05) is 32.9 Å². The molecule has 0 aliphatic carbocycles. The van der Waals surface area contributed by atoms with Crippen LogP contribution in [0, 0.1) is 0 Å². The minimum absolute atomic E-state index is 0.0426. The average Bonchev–Trinajstić information content (AvgIpc) is 2.45. The van der Waals surface area contributed by atoms with Gasteiger partial charge in [0.05, 0.1) is 12.1 Å². The first-order valence-corrected chi connectivity index (χ1v) is 7.90. The van der Waals surface area contributed by atoms with E-state index in [4.69, 9.17) is 0 Å². The fourth-order valence-electron chi connectivity index (χ4n) is 2.99. The van der Waals surface area contributed by atoms with Crippen LogP contribution < -0.4 is 0 Å². The van der Waals surface area contributed by atoms with E-state index in [0.29, 0.717) is 0 Å². The third-order valence-electron chi connectivity index (χ3n) is 4.36. The van der Waals surface area contributed by atoms with Gasteiger partial charge in [0.25, 0.3) is 5.91 Å². The monoisotopic (exact) mass is 289 g/mol. The van der Waals surface area contributed by atoms with E-state index in [0.717, 1.165) is 31.4 Å². The SMILES string of the molecule is CC(O)C1CCCCN1C(=O)c1ccc(C(C)(C)C)cc1. The highest BCUT2D eigenvalue weighted by Crippen LogP contribution is 2.25. The lowest BCUT2D eigenvalue weighted by molar-refractivity contribution is 0.0281. The lowest BCUT2D eigenvalue weighted by atomic mass is 9.86. The van der Waals surface area contributed by atoms with Crippen LogP contribution in [0.1, 0.15) is 62.9 Å². The quantitative estimate of drug-likeness (QED) is 0.907. The third-order valence-corrected chi connectivity index (χ3v) is 4.36. The van der Waals surface area contributed by atoms with Gasteiger partial charge in [0.2, 0.25) is 0 Å². The highest BCUT2D eigenvalue weighted by molar-refractivity contribution is 5.94. The van der Waals surface area contributed by atoms with Crippen LogP contribution in [0.15, 0.2) is 24.3 Å². The zero-order valence-corrected chi connectivity index (χ0v) is 13.6. The molecule has 116 valence electrons. The Bertz CT molecular complexity index is 485. The molecule has 0 radical (unpaired) electrons. The van der Waals surface area contributed by atoms with Gasteiger partial charge >= 0.3 is 0 Å². The van der Waals surface area contributed by atoms with Gasteiger partial charge in [0.1, 0.15) is 0 Å². The van der Waals surface area contributed by atoms with E-state index in [-0.39, 0.29) is 17.4 Å². The molecule has 0 spiro atoms. The Morgan fingerprint density at radius 3 is 2.38 bits per heavy atom. The van der Waals surface area contributed by atoms with Gasteiger partial charge in [-0.25, -0.2) is 0 Å². The lowest BCUT2D eigenvalue weighted by Crippen LogP contribution is -2.48. The molecule has 0 aromatic heterocycles. The van der Waals surface area contributed by atoms with Gasteiger partial charge in [-0.3, -0.25) is 4.79 Å². The highest BCUT2D eigenvalue weighted by Gasteiger charge is 2.30. The van der Waals surface area contributed by atoms with E-state index in [9.17, 15) is 9.90 Å². The predicted molar refractivity (Wildman–Crippen MR) is 85.5 cm³/mol. The van der Waals surface area contributed by atoms with Crippen molar-refractivity contribution in [2.45, 2.75) is 64.5 Å². The number of benzene rings is 1. The predicted octanol–water partition coefficient (Wildman–Crippen LogP) is 3.36. The van der Waals surface area contributed by atoms with Crippen LogP contribution >= 0.6 is 0 Å². The number of aliphatic hydroxyl groups is 1. The number of piperidine rings is 1. The van der Waals surface area contributed by atoms with Crippen molar-refractivity contribution >= 4 is 5.91 Å². The van der Waals surface area contributed by atoms with Crippen molar-refractivity contribution in [2.24, 2.45) is 0 Å². The largest absolute Gasteiger partial charge is 0.391 e. The molecule has 1 aromatic carbocycles. The first-order valence-electron chi connectivity index (χ1n) is 7.90. The molecule has 0 bridgehead atoms. The minimum atomic E-state index is -0.469. The van der Waals surface area contributed by atoms with Crippen molar-refractivity contribution in [3.8, 4) is 0 Å². The summed E-state index contributed by atoms with van der Waals surface area (Å²) in [6, 6.07) is 7.85. The van der Waals surface area contributed by atoms with Gasteiger partial charge in [0, 0.05) is 12.1 Å². The van der Waals surface area contributed by atoms with Crippen molar-refractivity contribution in [3.05, 3.63) is 35.4 Å². The highest BCUT2D eigenvalue weighted by atomic mass is 16.3. The second-order valence-electron chi connectivity index (χ2n) is 7.13. The second-order valence-corrected chi connectivity index (χ2v) is 7.13. The van der Waals surface area contributed by atoms with Crippen molar-refractivity contribution in [2.75, 3.05) is 6.54 Å². The van der Waals surface area contributed by atoms with Crippen LogP contribution in [0.4, 0.5) is 0 Å². The number of amides is 1. The van der Waals surface area contributed by atoms with E-state index < -0.39 is 6.10 Å². The summed E-state index contributed by atoms with van der Waals surface area (Å²) in [6.45, 7) is 9.02. The Hall–Kier alpha value is -1.35. The maximum Gasteiger partial charge on any atom is 0.254 e. The summed E-state index contributed by atoms with van der Waals surface area (Å²) in [6.07, 6.45) is 2.53. The number of carbonyl (C=O) groups is 1. The molecule has 1 heterocycles.